The first-order valence-electron chi connectivity index (χ1n) is 6.39. The third-order valence-electron chi connectivity index (χ3n) is 3.44. The number of carboxylic acid groups (broad SMARTS) is 1. The molecule has 1 aliphatic rings. The molecule has 0 saturated heterocycles. The lowest BCUT2D eigenvalue weighted by atomic mass is 9.82. The first-order valence-corrected chi connectivity index (χ1v) is 6.39. The average molecular weight is 253 g/mol. The normalized spacial score (nSPS) is 15.6. The highest BCUT2D eigenvalue weighted by atomic mass is 16.5. The molecule has 1 N–H and O–H groups in total. The number of ether oxygens (including phenoxy) is 1. The van der Waals surface area contributed by atoms with Gasteiger partial charge in [0.15, 0.2) is 5.69 Å². The number of aryl methyl sites for hydroxylation is 1. The summed E-state index contributed by atoms with van der Waals surface area (Å²) in [5.41, 5.74) is 0.942. The molecule has 6 heteroatoms. The fourth-order valence-corrected chi connectivity index (χ4v) is 2.23. The van der Waals surface area contributed by atoms with E-state index in [0.29, 0.717) is 5.92 Å². The molecule has 1 aromatic heterocycles. The minimum Gasteiger partial charge on any atom is -0.476 e. The van der Waals surface area contributed by atoms with Gasteiger partial charge in [0.25, 0.3) is 0 Å². The molecule has 1 heterocycles. The lowest BCUT2D eigenvalue weighted by Crippen LogP contribution is -2.18. The zero-order chi connectivity index (χ0) is 13.0. The van der Waals surface area contributed by atoms with Gasteiger partial charge >= 0.3 is 5.97 Å². The Morgan fingerprint density at radius 2 is 2.28 bits per heavy atom. The van der Waals surface area contributed by atoms with Gasteiger partial charge in [0, 0.05) is 26.2 Å². The first kappa shape index (κ1) is 13.0. The Balaban J connectivity index is 2.06. The molecule has 6 nitrogen and oxygen atoms in total. The lowest BCUT2D eigenvalue weighted by Gasteiger charge is -2.26. The molecule has 0 spiro atoms. The van der Waals surface area contributed by atoms with E-state index in [1.165, 1.54) is 6.42 Å². The minimum atomic E-state index is -0.972. The van der Waals surface area contributed by atoms with E-state index in [2.05, 4.69) is 10.3 Å². The maximum absolute atomic E-state index is 11.1. The Morgan fingerprint density at radius 1 is 1.50 bits per heavy atom. The van der Waals surface area contributed by atoms with Crippen LogP contribution in [0.15, 0.2) is 0 Å². The van der Waals surface area contributed by atoms with Crippen LogP contribution in [0.5, 0.6) is 0 Å². The molecule has 0 aliphatic heterocycles. The summed E-state index contributed by atoms with van der Waals surface area (Å²) in [5.74, 6) is -0.645. The zero-order valence-corrected chi connectivity index (χ0v) is 10.6. The monoisotopic (exact) mass is 253 g/mol. The van der Waals surface area contributed by atoms with Crippen LogP contribution in [-0.4, -0.2) is 39.8 Å². The Bertz CT molecular complexity index is 413. The summed E-state index contributed by atoms with van der Waals surface area (Å²) in [6.45, 7) is 1.44. The van der Waals surface area contributed by atoms with Crippen LogP contribution in [0.3, 0.4) is 0 Å². The van der Waals surface area contributed by atoms with Gasteiger partial charge in [0.05, 0.1) is 5.69 Å². The molecule has 1 saturated carbocycles. The number of carboxylic acids is 1. The van der Waals surface area contributed by atoms with Crippen molar-refractivity contribution in [1.82, 2.24) is 15.0 Å². The molecule has 1 aromatic rings. The molecule has 0 aromatic carbocycles. The Kier molecular flexibility index (Phi) is 4.30. The van der Waals surface area contributed by atoms with Crippen molar-refractivity contribution in [3.8, 4) is 0 Å². The summed E-state index contributed by atoms with van der Waals surface area (Å²) in [7, 11) is 1.68. The molecular weight excluding hydrogens is 234 g/mol. The molecule has 100 valence electrons. The van der Waals surface area contributed by atoms with Crippen LogP contribution < -0.4 is 0 Å². The van der Waals surface area contributed by atoms with Crippen molar-refractivity contribution in [2.45, 2.75) is 44.6 Å². The number of methoxy groups -OCH3 is 1. The molecule has 18 heavy (non-hydrogen) atoms. The van der Waals surface area contributed by atoms with Crippen molar-refractivity contribution in [1.29, 1.82) is 0 Å². The van der Waals surface area contributed by atoms with E-state index in [-0.39, 0.29) is 5.69 Å². The summed E-state index contributed by atoms with van der Waals surface area (Å²) >= 11 is 0. The third-order valence-corrected chi connectivity index (χ3v) is 3.44. The quantitative estimate of drug-likeness (QED) is 0.748. The van der Waals surface area contributed by atoms with Crippen molar-refractivity contribution in [2.75, 3.05) is 13.7 Å². The molecule has 0 unspecified atom stereocenters. The second-order valence-electron chi connectivity index (χ2n) is 4.68. The highest BCUT2D eigenvalue weighted by molar-refractivity contribution is 5.86. The van der Waals surface area contributed by atoms with E-state index < -0.39 is 5.97 Å². The maximum Gasteiger partial charge on any atom is 0.358 e. The van der Waals surface area contributed by atoms with Crippen LogP contribution in [-0.2, 0) is 11.3 Å². The Hall–Kier alpha value is -1.43. The Labute approximate surface area is 106 Å². The number of aromatic carboxylic acids is 1. The van der Waals surface area contributed by atoms with E-state index in [9.17, 15) is 4.79 Å². The van der Waals surface area contributed by atoms with Crippen LogP contribution >= 0.6 is 0 Å². The number of carbonyl (C=O) groups is 1. The van der Waals surface area contributed by atoms with Gasteiger partial charge in [-0.25, -0.2) is 9.48 Å². The highest BCUT2D eigenvalue weighted by Crippen LogP contribution is 2.37. The van der Waals surface area contributed by atoms with E-state index >= 15 is 0 Å². The highest BCUT2D eigenvalue weighted by Gasteiger charge is 2.30. The molecule has 0 bridgehead atoms. The smallest absolute Gasteiger partial charge is 0.358 e. The topological polar surface area (TPSA) is 77.2 Å². The van der Waals surface area contributed by atoms with Gasteiger partial charge < -0.3 is 9.84 Å². The minimum absolute atomic E-state index is 0.131. The molecule has 0 radical (unpaired) electrons. The van der Waals surface area contributed by atoms with Crippen LogP contribution in [0.25, 0.3) is 0 Å². The summed E-state index contributed by atoms with van der Waals surface area (Å²) in [6.07, 6.45) is 5.13. The fourth-order valence-electron chi connectivity index (χ4n) is 2.23. The molecule has 0 atom stereocenters. The third kappa shape index (κ3) is 2.69. The van der Waals surface area contributed by atoms with E-state index in [0.717, 1.165) is 44.5 Å². The lowest BCUT2D eigenvalue weighted by molar-refractivity contribution is 0.0687. The van der Waals surface area contributed by atoms with E-state index in [4.69, 9.17) is 9.84 Å². The predicted molar refractivity (Wildman–Crippen MR) is 64.7 cm³/mol. The number of hydrogen-bond acceptors (Lipinski definition) is 4. The number of rotatable bonds is 7. The van der Waals surface area contributed by atoms with Crippen LogP contribution in [0, 0.1) is 0 Å². The van der Waals surface area contributed by atoms with Gasteiger partial charge in [-0.3, -0.25) is 0 Å². The number of aromatic nitrogens is 3. The largest absolute Gasteiger partial charge is 0.476 e. The molecule has 1 aliphatic carbocycles. The summed E-state index contributed by atoms with van der Waals surface area (Å²) in [4.78, 5) is 11.1. The molecule has 0 amide bonds. The van der Waals surface area contributed by atoms with Gasteiger partial charge in [-0.05, 0) is 25.7 Å². The predicted octanol–water partition coefficient (Wildman–Crippen LogP) is 1.67. The molecular formula is C12H19N3O3. The number of hydrogen-bond donors (Lipinski definition) is 1. The maximum atomic E-state index is 11.1. The van der Waals surface area contributed by atoms with Crippen LogP contribution in [0.1, 0.15) is 54.2 Å². The summed E-state index contributed by atoms with van der Waals surface area (Å²) < 4.78 is 6.76. The van der Waals surface area contributed by atoms with Crippen molar-refractivity contribution in [3.05, 3.63) is 11.4 Å². The fraction of sp³-hybridized carbons (Fsp3) is 0.750. The second kappa shape index (κ2) is 5.95. The number of unbranched alkanes of at least 4 members (excludes halogenated alkanes) is 1. The van der Waals surface area contributed by atoms with Crippen LogP contribution in [0.2, 0.25) is 0 Å². The summed E-state index contributed by atoms with van der Waals surface area (Å²) in [5, 5.41) is 16.9. The van der Waals surface area contributed by atoms with Gasteiger partial charge in [-0.1, -0.05) is 11.6 Å². The van der Waals surface area contributed by atoms with Crippen LogP contribution in [0.4, 0.5) is 0 Å². The van der Waals surface area contributed by atoms with Crippen molar-refractivity contribution in [2.24, 2.45) is 0 Å². The van der Waals surface area contributed by atoms with E-state index in [1.807, 2.05) is 0 Å². The van der Waals surface area contributed by atoms with Crippen molar-refractivity contribution < 1.29 is 14.6 Å². The van der Waals surface area contributed by atoms with Crippen molar-refractivity contribution >= 4 is 5.97 Å². The zero-order valence-electron chi connectivity index (χ0n) is 10.6. The molecule has 1 fully saturated rings. The second-order valence-corrected chi connectivity index (χ2v) is 4.68. The van der Waals surface area contributed by atoms with Crippen molar-refractivity contribution in [3.63, 3.8) is 0 Å². The first-order chi connectivity index (χ1) is 8.74. The standard InChI is InChI=1S/C12H19N3O3/c1-18-8-3-2-7-15-11(9-5-4-6-9)10(12(16)17)13-14-15/h9H,2-8H2,1H3,(H,16,17). The van der Waals surface area contributed by atoms with Gasteiger partial charge in [-0.2, -0.15) is 0 Å². The molecule has 2 rings (SSSR count). The SMILES string of the molecule is COCCCCn1nnc(C(=O)O)c1C1CCC1. The van der Waals surface area contributed by atoms with Gasteiger partial charge in [-0.15, -0.1) is 5.10 Å². The average Bonchev–Trinajstić information content (AvgIpc) is 2.66. The van der Waals surface area contributed by atoms with Gasteiger partial charge in [0.1, 0.15) is 0 Å². The number of nitrogens with zero attached hydrogens (tertiary/aromatic N) is 3. The summed E-state index contributed by atoms with van der Waals surface area (Å²) in [6, 6.07) is 0. The van der Waals surface area contributed by atoms with Gasteiger partial charge in [0.2, 0.25) is 0 Å². The Morgan fingerprint density at radius 3 is 2.83 bits per heavy atom. The van der Waals surface area contributed by atoms with E-state index in [1.54, 1.807) is 11.8 Å².